The summed E-state index contributed by atoms with van der Waals surface area (Å²) in [5, 5.41) is 3.03. The van der Waals surface area contributed by atoms with E-state index < -0.39 is 0 Å². The number of hydrogen-bond acceptors (Lipinski definition) is 3. The van der Waals surface area contributed by atoms with Crippen LogP contribution in [0.5, 0.6) is 0 Å². The molecule has 1 aromatic heterocycles. The quantitative estimate of drug-likeness (QED) is 0.655. The molecule has 0 aliphatic rings. The number of guanidine groups is 1. The lowest BCUT2D eigenvalue weighted by molar-refractivity contribution is 0.473. The molecule has 0 aliphatic carbocycles. The Labute approximate surface area is 112 Å². The summed E-state index contributed by atoms with van der Waals surface area (Å²) in [7, 11) is 0. The number of oxazole rings is 1. The molecule has 100 valence electrons. The van der Waals surface area contributed by atoms with Crippen LogP contribution in [0.15, 0.2) is 33.7 Å². The van der Waals surface area contributed by atoms with Crippen molar-refractivity contribution in [3.8, 4) is 0 Å². The van der Waals surface area contributed by atoms with E-state index in [1.165, 1.54) is 0 Å². The van der Waals surface area contributed by atoms with Crippen molar-refractivity contribution < 1.29 is 4.42 Å². The highest BCUT2D eigenvalue weighted by molar-refractivity contribution is 5.92. The van der Waals surface area contributed by atoms with Crippen molar-refractivity contribution in [1.29, 1.82) is 0 Å². The summed E-state index contributed by atoms with van der Waals surface area (Å²) < 4.78 is 5.43. The monoisotopic (exact) mass is 258 g/mol. The first-order valence-electron chi connectivity index (χ1n) is 6.11. The van der Waals surface area contributed by atoms with Gasteiger partial charge in [0.05, 0.1) is 5.69 Å². The van der Waals surface area contributed by atoms with Crippen molar-refractivity contribution in [2.45, 2.75) is 27.3 Å². The Morgan fingerprint density at radius 1 is 1.37 bits per heavy atom. The highest BCUT2D eigenvalue weighted by Crippen LogP contribution is 2.10. The number of rotatable bonds is 3. The number of aliphatic imine (C=N–C) groups is 1. The number of anilines is 1. The number of nitrogens with two attached hydrogens (primary N) is 1. The van der Waals surface area contributed by atoms with Gasteiger partial charge >= 0.3 is 0 Å². The normalized spacial score (nSPS) is 11.6. The summed E-state index contributed by atoms with van der Waals surface area (Å²) in [5.74, 6) is 1.73. The molecule has 0 unspecified atom stereocenters. The smallest absolute Gasteiger partial charge is 0.216 e. The second-order valence-corrected chi connectivity index (χ2v) is 4.45. The molecule has 1 aromatic carbocycles. The Kier molecular flexibility index (Phi) is 3.85. The highest BCUT2D eigenvalue weighted by Gasteiger charge is 2.04. The van der Waals surface area contributed by atoms with Crippen molar-refractivity contribution in [2.24, 2.45) is 10.7 Å². The molecule has 0 amide bonds. The van der Waals surface area contributed by atoms with Gasteiger partial charge in [-0.25, -0.2) is 9.98 Å². The molecule has 19 heavy (non-hydrogen) atoms. The maximum Gasteiger partial charge on any atom is 0.216 e. The van der Waals surface area contributed by atoms with Gasteiger partial charge in [-0.1, -0.05) is 12.1 Å². The molecule has 0 saturated carbocycles. The molecule has 0 atom stereocenters. The molecule has 0 aliphatic heterocycles. The fourth-order valence-corrected chi connectivity index (χ4v) is 1.67. The minimum absolute atomic E-state index is 0.333. The number of aromatic nitrogens is 1. The van der Waals surface area contributed by atoms with E-state index in [0.29, 0.717) is 18.4 Å². The van der Waals surface area contributed by atoms with Gasteiger partial charge < -0.3 is 15.5 Å². The van der Waals surface area contributed by atoms with Gasteiger partial charge in [-0.2, -0.15) is 0 Å². The minimum atomic E-state index is 0.333. The van der Waals surface area contributed by atoms with Crippen molar-refractivity contribution in [1.82, 2.24) is 4.98 Å². The first-order valence-corrected chi connectivity index (χ1v) is 6.11. The topological polar surface area (TPSA) is 76.4 Å². The zero-order valence-electron chi connectivity index (χ0n) is 11.4. The van der Waals surface area contributed by atoms with Gasteiger partial charge in [-0.05, 0) is 38.5 Å². The maximum absolute atomic E-state index is 5.82. The first-order chi connectivity index (χ1) is 9.04. The Bertz CT molecular complexity index is 582. The molecule has 0 radical (unpaired) electrons. The van der Waals surface area contributed by atoms with Crippen LogP contribution in [0, 0.1) is 20.8 Å². The van der Waals surface area contributed by atoms with Gasteiger partial charge in [0.15, 0.2) is 5.96 Å². The molecule has 0 spiro atoms. The van der Waals surface area contributed by atoms with E-state index in [4.69, 9.17) is 10.2 Å². The maximum atomic E-state index is 5.82. The van der Waals surface area contributed by atoms with Crippen molar-refractivity contribution in [2.75, 3.05) is 5.32 Å². The Hall–Kier alpha value is -2.30. The van der Waals surface area contributed by atoms with Gasteiger partial charge in [-0.3, -0.25) is 0 Å². The van der Waals surface area contributed by atoms with Gasteiger partial charge in [0, 0.05) is 5.69 Å². The van der Waals surface area contributed by atoms with Crippen LogP contribution in [0.4, 0.5) is 5.69 Å². The van der Waals surface area contributed by atoms with E-state index in [1.807, 2.05) is 45.0 Å². The number of nitrogens with zero attached hydrogens (tertiary/aromatic N) is 2. The minimum Gasteiger partial charge on any atom is -0.444 e. The summed E-state index contributed by atoms with van der Waals surface area (Å²) in [6.07, 6.45) is 0. The Balaban J connectivity index is 1.99. The summed E-state index contributed by atoms with van der Waals surface area (Å²) in [5.41, 5.74) is 8.78. The second kappa shape index (κ2) is 5.56. The lowest BCUT2D eigenvalue weighted by Crippen LogP contribution is -2.22. The van der Waals surface area contributed by atoms with Crippen LogP contribution in [0.3, 0.4) is 0 Å². The zero-order chi connectivity index (χ0) is 13.8. The second-order valence-electron chi connectivity index (χ2n) is 4.45. The molecule has 0 saturated heterocycles. The molecule has 1 heterocycles. The lowest BCUT2D eigenvalue weighted by Gasteiger charge is -2.05. The van der Waals surface area contributed by atoms with E-state index in [-0.39, 0.29) is 0 Å². The molecule has 0 fully saturated rings. The van der Waals surface area contributed by atoms with E-state index in [9.17, 15) is 0 Å². The fourth-order valence-electron chi connectivity index (χ4n) is 1.67. The fraction of sp³-hybridized carbons (Fsp3) is 0.286. The van der Waals surface area contributed by atoms with Crippen molar-refractivity contribution >= 4 is 11.6 Å². The van der Waals surface area contributed by atoms with Gasteiger partial charge in [0.25, 0.3) is 0 Å². The van der Waals surface area contributed by atoms with Crippen LogP contribution in [0.1, 0.15) is 22.9 Å². The molecule has 3 N–H and O–H groups in total. The van der Waals surface area contributed by atoms with E-state index in [2.05, 4.69) is 15.3 Å². The molecular weight excluding hydrogens is 240 g/mol. The van der Waals surface area contributed by atoms with Crippen LogP contribution in [-0.2, 0) is 6.54 Å². The Morgan fingerprint density at radius 2 is 2.16 bits per heavy atom. The summed E-state index contributed by atoms with van der Waals surface area (Å²) in [6, 6.07) is 7.93. The molecular formula is C14H18N4O. The highest BCUT2D eigenvalue weighted by atomic mass is 16.4. The summed E-state index contributed by atoms with van der Waals surface area (Å²) in [6.45, 7) is 6.14. The number of aryl methyl sites for hydroxylation is 3. The van der Waals surface area contributed by atoms with Crippen LogP contribution in [0.2, 0.25) is 0 Å². The average molecular weight is 258 g/mol. The summed E-state index contributed by atoms with van der Waals surface area (Å²) in [4.78, 5) is 8.45. The first kappa shape index (κ1) is 13.1. The van der Waals surface area contributed by atoms with Gasteiger partial charge in [0.2, 0.25) is 5.89 Å². The van der Waals surface area contributed by atoms with E-state index in [1.54, 1.807) is 0 Å². The van der Waals surface area contributed by atoms with E-state index >= 15 is 0 Å². The third-order valence-electron chi connectivity index (χ3n) is 2.75. The van der Waals surface area contributed by atoms with Gasteiger partial charge in [-0.15, -0.1) is 0 Å². The SMILES string of the molecule is Cc1cccc(NC(N)=NCc2nc(C)c(C)o2)c1. The number of benzene rings is 1. The van der Waals surface area contributed by atoms with Crippen molar-refractivity contribution in [3.63, 3.8) is 0 Å². The molecule has 5 heteroatoms. The summed E-state index contributed by atoms with van der Waals surface area (Å²) >= 11 is 0. The van der Waals surface area contributed by atoms with E-state index in [0.717, 1.165) is 22.7 Å². The predicted molar refractivity (Wildman–Crippen MR) is 76.1 cm³/mol. The molecule has 2 rings (SSSR count). The molecule has 5 nitrogen and oxygen atoms in total. The van der Waals surface area contributed by atoms with Crippen LogP contribution in [0.25, 0.3) is 0 Å². The van der Waals surface area contributed by atoms with Gasteiger partial charge in [0.1, 0.15) is 12.3 Å². The molecule has 0 bridgehead atoms. The lowest BCUT2D eigenvalue weighted by atomic mass is 10.2. The zero-order valence-corrected chi connectivity index (χ0v) is 11.4. The van der Waals surface area contributed by atoms with Crippen molar-refractivity contribution in [3.05, 3.63) is 47.2 Å². The van der Waals surface area contributed by atoms with Crippen LogP contribution < -0.4 is 11.1 Å². The van der Waals surface area contributed by atoms with Crippen LogP contribution >= 0.6 is 0 Å². The average Bonchev–Trinajstić information content (AvgIpc) is 2.66. The molecule has 2 aromatic rings. The largest absolute Gasteiger partial charge is 0.444 e. The third kappa shape index (κ3) is 3.58. The number of nitrogens with one attached hydrogen (secondary N) is 1. The van der Waals surface area contributed by atoms with Crippen LogP contribution in [-0.4, -0.2) is 10.9 Å². The predicted octanol–water partition coefficient (Wildman–Crippen LogP) is 2.53. The number of hydrogen-bond donors (Lipinski definition) is 2. The third-order valence-corrected chi connectivity index (χ3v) is 2.75. The Morgan fingerprint density at radius 3 is 2.79 bits per heavy atom. The standard InChI is InChI=1S/C14H18N4O/c1-9-5-4-6-12(7-9)18-14(15)16-8-13-17-10(2)11(3)19-13/h4-7H,8H2,1-3H3,(H3,15,16,18).